The smallest absolute Gasteiger partial charge is 0.0257 e. The molecule has 3 aliphatic rings. The van der Waals surface area contributed by atoms with Gasteiger partial charge in [0.2, 0.25) is 0 Å². The lowest BCUT2D eigenvalue weighted by Crippen LogP contribution is -2.39. The molecule has 3 atom stereocenters. The molecular formula is C24H29N. The highest BCUT2D eigenvalue weighted by atomic mass is 14.9. The van der Waals surface area contributed by atoms with Gasteiger partial charge in [0.15, 0.2) is 0 Å². The van der Waals surface area contributed by atoms with Crippen molar-refractivity contribution in [1.82, 2.24) is 5.32 Å². The first-order valence-corrected chi connectivity index (χ1v) is 9.89. The normalized spacial score (nSPS) is 29.6. The van der Waals surface area contributed by atoms with E-state index in [4.69, 9.17) is 0 Å². The number of hydrogen-bond acceptors (Lipinski definition) is 1. The van der Waals surface area contributed by atoms with Crippen LogP contribution >= 0.6 is 0 Å². The maximum Gasteiger partial charge on any atom is 0.0257 e. The Bertz CT molecular complexity index is 720. The lowest BCUT2D eigenvalue weighted by atomic mass is 9.73. The van der Waals surface area contributed by atoms with Crippen LogP contribution in [0.2, 0.25) is 0 Å². The predicted octanol–water partition coefficient (Wildman–Crippen LogP) is 5.69. The summed E-state index contributed by atoms with van der Waals surface area (Å²) in [6.45, 7) is 3.39. The van der Waals surface area contributed by atoms with Crippen molar-refractivity contribution < 1.29 is 0 Å². The number of hydrogen-bond donors (Lipinski definition) is 1. The zero-order chi connectivity index (χ0) is 17.1. The van der Waals surface area contributed by atoms with Crippen molar-refractivity contribution in [3.05, 3.63) is 83.0 Å². The third kappa shape index (κ3) is 3.57. The predicted molar refractivity (Wildman–Crippen MR) is 107 cm³/mol. The van der Waals surface area contributed by atoms with Gasteiger partial charge in [0.1, 0.15) is 0 Å². The van der Waals surface area contributed by atoms with E-state index in [0.29, 0.717) is 17.9 Å². The van der Waals surface area contributed by atoms with Crippen molar-refractivity contribution in [2.75, 3.05) is 6.54 Å². The monoisotopic (exact) mass is 331 g/mol. The molecule has 0 radical (unpaired) electrons. The number of rotatable bonds is 3. The topological polar surface area (TPSA) is 12.0 Å². The molecule has 0 aromatic heterocycles. The van der Waals surface area contributed by atoms with E-state index in [1.54, 1.807) is 16.7 Å². The molecule has 1 aromatic rings. The van der Waals surface area contributed by atoms with E-state index in [-0.39, 0.29) is 0 Å². The Balaban J connectivity index is 1.66. The fraction of sp³-hybridized carbons (Fsp3) is 0.417. The van der Waals surface area contributed by atoms with Crippen LogP contribution in [0.5, 0.6) is 0 Å². The first-order valence-electron chi connectivity index (χ1n) is 9.89. The Morgan fingerprint density at radius 3 is 2.76 bits per heavy atom. The Kier molecular flexibility index (Phi) is 5.03. The van der Waals surface area contributed by atoms with E-state index >= 15 is 0 Å². The quantitative estimate of drug-likeness (QED) is 0.701. The Hall–Kier alpha value is -1.86. The molecule has 130 valence electrons. The molecule has 25 heavy (non-hydrogen) atoms. The molecule has 1 N–H and O–H groups in total. The summed E-state index contributed by atoms with van der Waals surface area (Å²) < 4.78 is 0. The van der Waals surface area contributed by atoms with Crippen LogP contribution in [0.1, 0.15) is 50.5 Å². The molecule has 0 fully saturated rings. The van der Waals surface area contributed by atoms with Gasteiger partial charge in [-0.25, -0.2) is 0 Å². The second kappa shape index (κ2) is 7.58. The molecule has 1 nitrogen and oxygen atoms in total. The highest BCUT2D eigenvalue weighted by Gasteiger charge is 2.30. The standard InChI is InChI=1S/C24H29N/c1-18-24(16-21(17-25-18)19-10-4-2-5-11-19)23-15-9-8-14-22(23)20-12-6-3-7-13-20/h2-6,10-12,14,16,18,21,23,25H,7-9,13,15,17H2,1H3. The van der Waals surface area contributed by atoms with E-state index < -0.39 is 0 Å². The molecular weight excluding hydrogens is 302 g/mol. The van der Waals surface area contributed by atoms with E-state index in [1.165, 1.54) is 37.7 Å². The van der Waals surface area contributed by atoms with Gasteiger partial charge in [0.25, 0.3) is 0 Å². The fourth-order valence-corrected chi connectivity index (χ4v) is 4.61. The van der Waals surface area contributed by atoms with Crippen LogP contribution in [0, 0.1) is 5.92 Å². The highest BCUT2D eigenvalue weighted by molar-refractivity contribution is 5.44. The van der Waals surface area contributed by atoms with Gasteiger partial charge < -0.3 is 5.32 Å². The van der Waals surface area contributed by atoms with Gasteiger partial charge in [-0.2, -0.15) is 0 Å². The molecule has 0 saturated heterocycles. The van der Waals surface area contributed by atoms with Crippen molar-refractivity contribution >= 4 is 0 Å². The summed E-state index contributed by atoms with van der Waals surface area (Å²) in [7, 11) is 0. The molecule has 1 heteroatoms. The molecule has 2 aliphatic carbocycles. The Labute approximate surface area is 152 Å². The van der Waals surface area contributed by atoms with E-state index in [2.05, 4.69) is 73.0 Å². The lowest BCUT2D eigenvalue weighted by Gasteiger charge is -2.36. The average Bonchev–Trinajstić information content (AvgIpc) is 2.70. The van der Waals surface area contributed by atoms with Crippen LogP contribution in [0.15, 0.2) is 77.4 Å². The molecule has 4 rings (SSSR count). The average molecular weight is 332 g/mol. The summed E-state index contributed by atoms with van der Waals surface area (Å²) in [6.07, 6.45) is 18.2. The third-order valence-corrected chi connectivity index (χ3v) is 5.99. The Morgan fingerprint density at radius 2 is 1.96 bits per heavy atom. The zero-order valence-electron chi connectivity index (χ0n) is 15.2. The fourth-order valence-electron chi connectivity index (χ4n) is 4.61. The maximum atomic E-state index is 3.77. The van der Waals surface area contributed by atoms with Crippen molar-refractivity contribution in [3.63, 3.8) is 0 Å². The lowest BCUT2D eigenvalue weighted by molar-refractivity contribution is 0.470. The van der Waals surface area contributed by atoms with Gasteiger partial charge in [-0.15, -0.1) is 0 Å². The zero-order valence-corrected chi connectivity index (χ0v) is 15.2. The summed E-state index contributed by atoms with van der Waals surface area (Å²) in [5.74, 6) is 1.09. The second-order valence-electron chi connectivity index (χ2n) is 7.62. The van der Waals surface area contributed by atoms with E-state index in [9.17, 15) is 0 Å². The molecule has 1 heterocycles. The molecule has 1 aromatic carbocycles. The van der Waals surface area contributed by atoms with Crippen LogP contribution in [-0.4, -0.2) is 12.6 Å². The second-order valence-corrected chi connectivity index (χ2v) is 7.62. The third-order valence-electron chi connectivity index (χ3n) is 5.99. The van der Waals surface area contributed by atoms with Gasteiger partial charge in [-0.3, -0.25) is 0 Å². The molecule has 1 aliphatic heterocycles. The summed E-state index contributed by atoms with van der Waals surface area (Å²) in [5, 5.41) is 3.77. The van der Waals surface area contributed by atoms with Crippen LogP contribution in [0.3, 0.4) is 0 Å². The number of nitrogens with one attached hydrogen (secondary N) is 1. The summed E-state index contributed by atoms with van der Waals surface area (Å²) >= 11 is 0. The molecule has 0 spiro atoms. The van der Waals surface area contributed by atoms with Crippen LogP contribution in [0.25, 0.3) is 0 Å². The molecule has 0 bridgehead atoms. The van der Waals surface area contributed by atoms with E-state index in [0.717, 1.165) is 6.54 Å². The highest BCUT2D eigenvalue weighted by Crippen LogP contribution is 2.40. The maximum absolute atomic E-state index is 3.77. The van der Waals surface area contributed by atoms with Gasteiger partial charge in [-0.05, 0) is 61.3 Å². The minimum Gasteiger partial charge on any atom is -0.310 e. The Morgan fingerprint density at radius 1 is 1.08 bits per heavy atom. The molecule has 0 amide bonds. The van der Waals surface area contributed by atoms with Crippen LogP contribution < -0.4 is 5.32 Å². The summed E-state index contributed by atoms with van der Waals surface area (Å²) in [4.78, 5) is 0. The molecule has 3 unspecified atom stereocenters. The number of benzene rings is 1. The molecule has 0 saturated carbocycles. The van der Waals surface area contributed by atoms with E-state index in [1.807, 2.05) is 0 Å². The summed E-state index contributed by atoms with van der Waals surface area (Å²) in [6, 6.07) is 11.4. The number of allylic oxidation sites excluding steroid dienone is 6. The van der Waals surface area contributed by atoms with Gasteiger partial charge >= 0.3 is 0 Å². The van der Waals surface area contributed by atoms with Crippen molar-refractivity contribution in [2.45, 2.75) is 51.0 Å². The van der Waals surface area contributed by atoms with Crippen LogP contribution in [0.4, 0.5) is 0 Å². The van der Waals surface area contributed by atoms with Gasteiger partial charge in [-0.1, -0.05) is 60.7 Å². The van der Waals surface area contributed by atoms with Crippen LogP contribution in [-0.2, 0) is 0 Å². The van der Waals surface area contributed by atoms with Crippen molar-refractivity contribution in [1.29, 1.82) is 0 Å². The minimum atomic E-state index is 0.478. The first-order chi connectivity index (χ1) is 12.3. The minimum absolute atomic E-state index is 0.478. The van der Waals surface area contributed by atoms with Gasteiger partial charge in [0.05, 0.1) is 0 Å². The first kappa shape index (κ1) is 16.6. The van der Waals surface area contributed by atoms with Crippen molar-refractivity contribution in [2.24, 2.45) is 5.92 Å². The summed E-state index contributed by atoms with van der Waals surface area (Å²) in [5.41, 5.74) is 6.23. The SMILES string of the molecule is CC1NCC(c2ccccc2)C=C1C1CCCC=C1C1=CC=CCC1. The van der Waals surface area contributed by atoms with Crippen molar-refractivity contribution in [3.8, 4) is 0 Å². The largest absolute Gasteiger partial charge is 0.310 e. The van der Waals surface area contributed by atoms with Gasteiger partial charge in [0, 0.05) is 24.4 Å².